The molecule has 0 saturated heterocycles. The lowest BCUT2D eigenvalue weighted by Crippen LogP contribution is -2.50. The summed E-state index contributed by atoms with van der Waals surface area (Å²) < 4.78 is 5.95. The highest BCUT2D eigenvalue weighted by Gasteiger charge is 2.30. The van der Waals surface area contributed by atoms with Crippen LogP contribution in [0.25, 0.3) is 16.2 Å². The van der Waals surface area contributed by atoms with E-state index >= 15 is 0 Å². The second-order valence-electron chi connectivity index (χ2n) is 6.23. The van der Waals surface area contributed by atoms with Gasteiger partial charge in [0.1, 0.15) is 5.54 Å². The van der Waals surface area contributed by atoms with Crippen molar-refractivity contribution in [2.24, 2.45) is 5.92 Å². The molecule has 1 atom stereocenters. The second-order valence-corrected chi connectivity index (χ2v) is 7.70. The zero-order valence-electron chi connectivity index (χ0n) is 14.7. The van der Waals surface area contributed by atoms with E-state index in [0.29, 0.717) is 5.02 Å². The van der Waals surface area contributed by atoms with Crippen LogP contribution in [0, 0.1) is 17.2 Å². The maximum absolute atomic E-state index is 11.9. The van der Waals surface area contributed by atoms with E-state index in [-0.39, 0.29) is 5.92 Å². The predicted molar refractivity (Wildman–Crippen MR) is 104 cm³/mol. The van der Waals surface area contributed by atoms with Crippen molar-refractivity contribution in [2.45, 2.75) is 26.3 Å². The smallest absolute Gasteiger partial charge is 0.331 e. The van der Waals surface area contributed by atoms with Crippen molar-refractivity contribution in [3.8, 4) is 6.07 Å². The number of nitrogens with one attached hydrogen (secondary N) is 1. The number of ether oxygens (including phenoxy) is 1. The van der Waals surface area contributed by atoms with E-state index in [0.717, 1.165) is 15.0 Å². The fourth-order valence-corrected chi connectivity index (χ4v) is 3.49. The van der Waals surface area contributed by atoms with Gasteiger partial charge in [0, 0.05) is 21.0 Å². The first kappa shape index (κ1) is 20.0. The lowest BCUT2D eigenvalue weighted by atomic mass is 9.90. The van der Waals surface area contributed by atoms with Crippen molar-refractivity contribution >= 4 is 51.0 Å². The zero-order valence-corrected chi connectivity index (χ0v) is 16.3. The van der Waals surface area contributed by atoms with Gasteiger partial charge in [0.05, 0.1) is 11.1 Å². The van der Waals surface area contributed by atoms with Gasteiger partial charge in [0.25, 0.3) is 5.91 Å². The average Bonchev–Trinajstić information content (AvgIpc) is 2.94. The molecule has 136 valence electrons. The predicted octanol–water partition coefficient (Wildman–Crippen LogP) is 4.17. The van der Waals surface area contributed by atoms with Gasteiger partial charge in [-0.1, -0.05) is 43.6 Å². The third-order valence-electron chi connectivity index (χ3n) is 4.06. The standard InChI is InChI=1S/C19H19ClN2O3S/c1-12(2)19(3,11-21)22-16(23)10-25-17(24)9-8-15-18(20)13-6-4-5-7-14(13)26-15/h4-9,12H,10H2,1-3H3,(H,22,23)/b9-8+. The van der Waals surface area contributed by atoms with Gasteiger partial charge in [-0.2, -0.15) is 5.26 Å². The number of rotatable bonds is 6. The molecule has 1 unspecified atom stereocenters. The van der Waals surface area contributed by atoms with Crippen LogP contribution in [0.4, 0.5) is 0 Å². The highest BCUT2D eigenvalue weighted by atomic mass is 35.5. The normalized spacial score (nSPS) is 13.5. The van der Waals surface area contributed by atoms with Crippen molar-refractivity contribution in [3.63, 3.8) is 0 Å². The molecule has 0 aliphatic rings. The minimum Gasteiger partial charge on any atom is -0.452 e. The maximum Gasteiger partial charge on any atom is 0.331 e. The fourth-order valence-electron chi connectivity index (χ4n) is 2.10. The van der Waals surface area contributed by atoms with Gasteiger partial charge < -0.3 is 10.1 Å². The Morgan fingerprint density at radius 3 is 2.73 bits per heavy atom. The highest BCUT2D eigenvalue weighted by Crippen LogP contribution is 2.35. The Kier molecular flexibility index (Phi) is 6.41. The van der Waals surface area contributed by atoms with Crippen LogP contribution in [0.15, 0.2) is 30.3 Å². The molecule has 1 amide bonds. The summed E-state index contributed by atoms with van der Waals surface area (Å²) in [5.74, 6) is -1.26. The Morgan fingerprint density at radius 1 is 1.42 bits per heavy atom. The molecule has 0 radical (unpaired) electrons. The number of nitriles is 1. The van der Waals surface area contributed by atoms with Crippen molar-refractivity contribution in [1.29, 1.82) is 5.26 Å². The van der Waals surface area contributed by atoms with Crippen molar-refractivity contribution < 1.29 is 14.3 Å². The van der Waals surface area contributed by atoms with E-state index in [4.69, 9.17) is 16.3 Å². The van der Waals surface area contributed by atoms with Crippen LogP contribution in [-0.2, 0) is 14.3 Å². The molecule has 2 rings (SSSR count). The first-order valence-electron chi connectivity index (χ1n) is 8.01. The summed E-state index contributed by atoms with van der Waals surface area (Å²) in [6, 6.07) is 9.74. The fraction of sp³-hybridized carbons (Fsp3) is 0.316. The number of carbonyl (C=O) groups is 2. The lowest BCUT2D eigenvalue weighted by Gasteiger charge is -2.27. The molecule has 5 nitrogen and oxygen atoms in total. The van der Waals surface area contributed by atoms with E-state index in [1.54, 1.807) is 13.0 Å². The number of benzene rings is 1. The molecular weight excluding hydrogens is 372 g/mol. The van der Waals surface area contributed by atoms with Gasteiger partial charge >= 0.3 is 5.97 Å². The molecule has 0 fully saturated rings. The van der Waals surface area contributed by atoms with Crippen LogP contribution in [0.3, 0.4) is 0 Å². The molecule has 0 aliphatic carbocycles. The largest absolute Gasteiger partial charge is 0.452 e. The number of carbonyl (C=O) groups excluding carboxylic acids is 2. The molecular formula is C19H19ClN2O3S. The first-order valence-corrected chi connectivity index (χ1v) is 9.20. The van der Waals surface area contributed by atoms with Crippen molar-refractivity contribution in [1.82, 2.24) is 5.32 Å². The van der Waals surface area contributed by atoms with E-state index in [1.807, 2.05) is 38.1 Å². The van der Waals surface area contributed by atoms with Crippen LogP contribution in [0.2, 0.25) is 5.02 Å². The Morgan fingerprint density at radius 2 is 2.12 bits per heavy atom. The minimum atomic E-state index is -1.01. The molecule has 0 saturated carbocycles. The SMILES string of the molecule is CC(C)C(C)(C#N)NC(=O)COC(=O)/C=C/c1sc2ccccc2c1Cl. The van der Waals surface area contributed by atoms with Crippen molar-refractivity contribution in [3.05, 3.63) is 40.2 Å². The molecule has 1 aromatic heterocycles. The Labute approximate surface area is 161 Å². The Balaban J connectivity index is 1.94. The molecule has 7 heteroatoms. The second kappa shape index (κ2) is 8.35. The molecule has 0 aliphatic heterocycles. The highest BCUT2D eigenvalue weighted by molar-refractivity contribution is 7.20. The lowest BCUT2D eigenvalue weighted by molar-refractivity contribution is -0.144. The van der Waals surface area contributed by atoms with Crippen LogP contribution < -0.4 is 5.32 Å². The summed E-state index contributed by atoms with van der Waals surface area (Å²) in [5.41, 5.74) is -1.01. The number of fused-ring (bicyclic) bond motifs is 1. The monoisotopic (exact) mass is 390 g/mol. The number of hydrogen-bond donors (Lipinski definition) is 1. The van der Waals surface area contributed by atoms with Gasteiger partial charge in [-0.3, -0.25) is 4.79 Å². The molecule has 0 bridgehead atoms. The van der Waals surface area contributed by atoms with Gasteiger partial charge in [0.15, 0.2) is 6.61 Å². The summed E-state index contributed by atoms with van der Waals surface area (Å²) in [5, 5.41) is 13.3. The number of esters is 1. The average molecular weight is 391 g/mol. The summed E-state index contributed by atoms with van der Waals surface area (Å²) in [4.78, 5) is 24.5. The third-order valence-corrected chi connectivity index (χ3v) is 5.72. The number of nitrogens with zero attached hydrogens (tertiary/aromatic N) is 1. The first-order chi connectivity index (χ1) is 12.3. The molecule has 1 N–H and O–H groups in total. The van der Waals surface area contributed by atoms with E-state index in [2.05, 4.69) is 11.4 Å². The summed E-state index contributed by atoms with van der Waals surface area (Å²) >= 11 is 7.76. The van der Waals surface area contributed by atoms with Crippen LogP contribution in [0.1, 0.15) is 25.6 Å². The zero-order chi connectivity index (χ0) is 19.3. The summed E-state index contributed by atoms with van der Waals surface area (Å²) in [7, 11) is 0. The molecule has 2 aromatic rings. The maximum atomic E-state index is 11.9. The summed E-state index contributed by atoms with van der Waals surface area (Å²) in [6.45, 7) is 4.83. The van der Waals surface area contributed by atoms with Crippen LogP contribution in [0.5, 0.6) is 0 Å². The topological polar surface area (TPSA) is 79.2 Å². The quantitative estimate of drug-likeness (QED) is 0.593. The van der Waals surface area contributed by atoms with E-state index in [9.17, 15) is 14.9 Å². The minimum absolute atomic E-state index is 0.0813. The summed E-state index contributed by atoms with van der Waals surface area (Å²) in [6.07, 6.45) is 2.80. The van der Waals surface area contributed by atoms with E-state index in [1.165, 1.54) is 17.4 Å². The van der Waals surface area contributed by atoms with Crippen LogP contribution in [-0.4, -0.2) is 24.0 Å². The third kappa shape index (κ3) is 4.63. The number of amides is 1. The molecule has 0 spiro atoms. The Hall–Kier alpha value is -2.36. The molecule has 1 aromatic carbocycles. The van der Waals surface area contributed by atoms with Gasteiger partial charge in [-0.25, -0.2) is 4.79 Å². The van der Waals surface area contributed by atoms with Gasteiger partial charge in [-0.05, 0) is 25.0 Å². The van der Waals surface area contributed by atoms with Crippen LogP contribution >= 0.6 is 22.9 Å². The molecule has 26 heavy (non-hydrogen) atoms. The number of halogens is 1. The van der Waals surface area contributed by atoms with Gasteiger partial charge in [-0.15, -0.1) is 11.3 Å². The van der Waals surface area contributed by atoms with Crippen molar-refractivity contribution in [2.75, 3.05) is 6.61 Å². The van der Waals surface area contributed by atoms with Gasteiger partial charge in [0.2, 0.25) is 0 Å². The van der Waals surface area contributed by atoms with E-state index < -0.39 is 24.0 Å². The number of thiophene rings is 1. The Bertz CT molecular complexity index is 898. The number of hydrogen-bond acceptors (Lipinski definition) is 5. The molecule has 1 heterocycles.